The van der Waals surface area contributed by atoms with Gasteiger partial charge in [-0.1, -0.05) is 67.5 Å². The number of ether oxygens (including phenoxy) is 2. The third-order valence-corrected chi connectivity index (χ3v) is 3.62. The molecule has 0 aliphatic heterocycles. The Hall–Kier alpha value is -1.69. The molecule has 0 spiro atoms. The van der Waals surface area contributed by atoms with Crippen LogP contribution in [-0.4, -0.2) is 6.29 Å². The lowest BCUT2D eigenvalue weighted by molar-refractivity contribution is -0.0218. The largest absolute Gasteiger partial charge is 0.454 e. The number of benzene rings is 1. The van der Waals surface area contributed by atoms with Gasteiger partial charge in [0, 0.05) is 6.42 Å². The van der Waals surface area contributed by atoms with Gasteiger partial charge < -0.3 is 9.47 Å². The molecule has 0 saturated carbocycles. The molecule has 0 aliphatic carbocycles. The van der Waals surface area contributed by atoms with Crippen LogP contribution in [0.4, 0.5) is 0 Å². The van der Waals surface area contributed by atoms with Crippen LogP contribution in [0.25, 0.3) is 0 Å². The molecule has 0 amide bonds. The van der Waals surface area contributed by atoms with E-state index < -0.39 is 6.29 Å². The van der Waals surface area contributed by atoms with Crippen LogP contribution in [0.5, 0.6) is 5.75 Å². The molecular weight excluding hydrogens is 286 g/mol. The molecule has 0 saturated heterocycles. The number of nitrogens with zero attached hydrogens (tertiary/aromatic N) is 1. The Balaban J connectivity index is 0.00000232. The molecule has 0 heterocycles. The fourth-order valence-electron chi connectivity index (χ4n) is 3.04. The molecule has 2 unspecified atom stereocenters. The molecule has 0 radical (unpaired) electrons. The first kappa shape index (κ1) is 21.3. The lowest BCUT2D eigenvalue weighted by Gasteiger charge is -2.34. The molecule has 2 atom stereocenters. The summed E-state index contributed by atoms with van der Waals surface area (Å²) in [5.74, 6) is 1.79. The highest BCUT2D eigenvalue weighted by Crippen LogP contribution is 2.40. The maximum Gasteiger partial charge on any atom is 0.289 e. The predicted molar refractivity (Wildman–Crippen MR) is 96.2 cm³/mol. The second-order valence-corrected chi connectivity index (χ2v) is 6.82. The minimum atomic E-state index is -0.510. The first-order valence-electron chi connectivity index (χ1n) is 8.61. The van der Waals surface area contributed by atoms with E-state index in [0.717, 1.165) is 5.75 Å². The minimum absolute atomic E-state index is 0.215. The standard InChI is InChI=1S/C18H27NO2.C2H6/c1-7-16(20-12-19)21-15-10-8-14(9-11-15)17(13(2)3)18(4,5)6;1-2/h8-11,13,16-17H,7H2,1-6H3;1-2H3. The van der Waals surface area contributed by atoms with Crippen molar-refractivity contribution in [3.8, 4) is 12.0 Å². The van der Waals surface area contributed by atoms with Crippen molar-refractivity contribution >= 4 is 0 Å². The summed E-state index contributed by atoms with van der Waals surface area (Å²) in [4.78, 5) is 0. The third kappa shape index (κ3) is 6.95. The Bertz CT molecular complexity index is 466. The smallest absolute Gasteiger partial charge is 0.289 e. The molecule has 0 N–H and O–H groups in total. The fraction of sp³-hybridized carbons (Fsp3) is 0.650. The second-order valence-electron chi connectivity index (χ2n) is 6.82. The Morgan fingerprint density at radius 1 is 1.09 bits per heavy atom. The predicted octanol–water partition coefficient (Wildman–Crippen LogP) is 6.11. The summed E-state index contributed by atoms with van der Waals surface area (Å²) in [6, 6.07) is 8.15. The van der Waals surface area contributed by atoms with E-state index in [4.69, 9.17) is 14.7 Å². The fourth-order valence-corrected chi connectivity index (χ4v) is 3.04. The third-order valence-electron chi connectivity index (χ3n) is 3.62. The molecule has 1 rings (SSSR count). The van der Waals surface area contributed by atoms with Gasteiger partial charge in [-0.25, -0.2) is 0 Å². The van der Waals surface area contributed by atoms with E-state index in [1.165, 1.54) is 5.56 Å². The topological polar surface area (TPSA) is 42.2 Å². The molecule has 0 fully saturated rings. The summed E-state index contributed by atoms with van der Waals surface area (Å²) in [5.41, 5.74) is 1.53. The van der Waals surface area contributed by atoms with Gasteiger partial charge in [0.15, 0.2) is 0 Å². The average Bonchev–Trinajstić information content (AvgIpc) is 2.49. The first-order valence-corrected chi connectivity index (χ1v) is 8.61. The van der Waals surface area contributed by atoms with E-state index >= 15 is 0 Å². The van der Waals surface area contributed by atoms with E-state index in [1.54, 1.807) is 6.26 Å². The molecule has 0 aliphatic rings. The van der Waals surface area contributed by atoms with E-state index in [9.17, 15) is 0 Å². The van der Waals surface area contributed by atoms with Crippen molar-refractivity contribution in [1.29, 1.82) is 5.26 Å². The highest BCUT2D eigenvalue weighted by molar-refractivity contribution is 5.30. The summed E-state index contributed by atoms with van der Waals surface area (Å²) in [7, 11) is 0. The molecule has 3 nitrogen and oxygen atoms in total. The van der Waals surface area contributed by atoms with Crippen LogP contribution in [0, 0.1) is 22.9 Å². The zero-order valence-electron chi connectivity index (χ0n) is 16.0. The van der Waals surface area contributed by atoms with Crippen molar-refractivity contribution < 1.29 is 9.47 Å². The van der Waals surface area contributed by atoms with Gasteiger partial charge in [-0.2, -0.15) is 5.26 Å². The van der Waals surface area contributed by atoms with Crippen LogP contribution in [0.15, 0.2) is 24.3 Å². The van der Waals surface area contributed by atoms with Crippen LogP contribution in [0.2, 0.25) is 0 Å². The van der Waals surface area contributed by atoms with Gasteiger partial charge >= 0.3 is 0 Å². The second kappa shape index (κ2) is 10.2. The van der Waals surface area contributed by atoms with Crippen LogP contribution >= 0.6 is 0 Å². The Morgan fingerprint density at radius 3 is 1.96 bits per heavy atom. The maximum absolute atomic E-state index is 8.56. The highest BCUT2D eigenvalue weighted by atomic mass is 16.7. The normalized spacial score (nSPS) is 13.4. The van der Waals surface area contributed by atoms with Crippen molar-refractivity contribution in [2.75, 3.05) is 0 Å². The highest BCUT2D eigenvalue weighted by Gasteiger charge is 2.28. The van der Waals surface area contributed by atoms with Crippen molar-refractivity contribution in [1.82, 2.24) is 0 Å². The first-order chi connectivity index (χ1) is 10.8. The van der Waals surface area contributed by atoms with E-state index in [2.05, 4.69) is 46.8 Å². The van der Waals surface area contributed by atoms with Crippen molar-refractivity contribution in [3.63, 3.8) is 0 Å². The van der Waals surface area contributed by atoms with Crippen LogP contribution in [0.3, 0.4) is 0 Å². The van der Waals surface area contributed by atoms with Gasteiger partial charge in [0.1, 0.15) is 5.75 Å². The quantitative estimate of drug-likeness (QED) is 0.469. The van der Waals surface area contributed by atoms with Gasteiger partial charge in [0.25, 0.3) is 12.5 Å². The van der Waals surface area contributed by atoms with Crippen LogP contribution < -0.4 is 4.74 Å². The van der Waals surface area contributed by atoms with Gasteiger partial charge in [0.05, 0.1) is 0 Å². The zero-order chi connectivity index (χ0) is 18.0. The van der Waals surface area contributed by atoms with Crippen molar-refractivity contribution in [2.45, 2.75) is 74.0 Å². The van der Waals surface area contributed by atoms with E-state index in [-0.39, 0.29) is 5.41 Å². The van der Waals surface area contributed by atoms with Gasteiger partial charge in [-0.05, 0) is 34.9 Å². The SMILES string of the molecule is CC.CCC(OC#N)Oc1ccc(C(C(C)C)C(C)(C)C)cc1. The molecule has 0 aromatic heterocycles. The van der Waals surface area contributed by atoms with Crippen LogP contribution in [-0.2, 0) is 4.74 Å². The summed E-state index contributed by atoms with van der Waals surface area (Å²) < 4.78 is 10.5. The molecule has 3 heteroatoms. The summed E-state index contributed by atoms with van der Waals surface area (Å²) in [5, 5.41) is 8.56. The Labute approximate surface area is 142 Å². The summed E-state index contributed by atoms with van der Waals surface area (Å²) >= 11 is 0. The lowest BCUT2D eigenvalue weighted by atomic mass is 9.70. The molecule has 23 heavy (non-hydrogen) atoms. The Morgan fingerprint density at radius 2 is 1.61 bits per heavy atom. The lowest BCUT2D eigenvalue weighted by Crippen LogP contribution is -2.23. The van der Waals surface area contributed by atoms with Gasteiger partial charge in [-0.3, -0.25) is 0 Å². The molecule has 1 aromatic carbocycles. The molecule has 130 valence electrons. The van der Waals surface area contributed by atoms with Crippen molar-refractivity contribution in [3.05, 3.63) is 29.8 Å². The summed E-state index contributed by atoms with van der Waals surface area (Å²) in [6.45, 7) is 17.3. The average molecular weight is 319 g/mol. The number of hydrogen-bond donors (Lipinski definition) is 0. The van der Waals surface area contributed by atoms with Crippen molar-refractivity contribution in [2.24, 2.45) is 11.3 Å². The number of hydrogen-bond acceptors (Lipinski definition) is 3. The zero-order valence-corrected chi connectivity index (χ0v) is 16.0. The number of rotatable bonds is 6. The molecular formula is C20H33NO2. The monoisotopic (exact) mass is 319 g/mol. The maximum atomic E-state index is 8.56. The molecule has 1 aromatic rings. The Kier molecular flexibility index (Phi) is 9.41. The van der Waals surface area contributed by atoms with Crippen LogP contribution in [0.1, 0.15) is 73.3 Å². The number of nitriles is 1. The van der Waals surface area contributed by atoms with Gasteiger partial charge in [-0.15, -0.1) is 0 Å². The van der Waals surface area contributed by atoms with Gasteiger partial charge in [0.2, 0.25) is 0 Å². The summed E-state index contributed by atoms with van der Waals surface area (Å²) in [6.07, 6.45) is 1.80. The van der Waals surface area contributed by atoms with E-state index in [0.29, 0.717) is 18.3 Å². The molecule has 0 bridgehead atoms. The minimum Gasteiger partial charge on any atom is -0.454 e. The van der Waals surface area contributed by atoms with E-state index in [1.807, 2.05) is 32.9 Å².